The first kappa shape index (κ1) is 20.8. The van der Waals surface area contributed by atoms with Gasteiger partial charge in [-0.25, -0.2) is 0 Å². The van der Waals surface area contributed by atoms with Crippen molar-refractivity contribution in [1.29, 1.82) is 5.41 Å². The lowest BCUT2D eigenvalue weighted by Crippen LogP contribution is -2.29. The largest absolute Gasteiger partial charge is 0.481 e. The summed E-state index contributed by atoms with van der Waals surface area (Å²) in [5.41, 5.74) is 4.58. The second kappa shape index (κ2) is 8.74. The molecule has 0 unspecified atom stereocenters. The molecule has 0 bridgehead atoms. The van der Waals surface area contributed by atoms with Gasteiger partial charge >= 0.3 is 0 Å². The summed E-state index contributed by atoms with van der Waals surface area (Å²) in [7, 11) is 1.48. The number of fused-ring (bicyclic) bond motifs is 1. The maximum atomic E-state index is 12.6. The minimum absolute atomic E-state index is 0.142. The number of hydrogen-bond donors (Lipinski definition) is 1. The van der Waals surface area contributed by atoms with E-state index in [2.05, 4.69) is 0 Å². The van der Waals surface area contributed by atoms with E-state index < -0.39 is 0 Å². The van der Waals surface area contributed by atoms with Gasteiger partial charge in [-0.15, -0.1) is 0 Å². The van der Waals surface area contributed by atoms with Crippen molar-refractivity contribution >= 4 is 29.3 Å². The maximum absolute atomic E-state index is 12.6. The molecular weight excluding hydrogens is 412 g/mol. The van der Waals surface area contributed by atoms with Gasteiger partial charge in [0, 0.05) is 10.6 Å². The molecule has 1 heterocycles. The van der Waals surface area contributed by atoms with Crippen LogP contribution in [-0.4, -0.2) is 29.7 Å². The van der Waals surface area contributed by atoms with Gasteiger partial charge in [-0.05, 0) is 59.9 Å². The van der Waals surface area contributed by atoms with Gasteiger partial charge in [0.2, 0.25) is 5.90 Å². The fraction of sp³-hybridized carbons (Fsp3) is 0.160. The van der Waals surface area contributed by atoms with Crippen LogP contribution in [0.15, 0.2) is 66.7 Å². The van der Waals surface area contributed by atoms with Gasteiger partial charge in [-0.3, -0.25) is 19.9 Å². The van der Waals surface area contributed by atoms with Gasteiger partial charge in [0.05, 0.1) is 24.8 Å². The minimum atomic E-state index is -0.272. The summed E-state index contributed by atoms with van der Waals surface area (Å²) in [4.78, 5) is 26.4. The molecule has 0 spiro atoms. The number of hydrogen-bond acceptors (Lipinski definition) is 4. The van der Waals surface area contributed by atoms with E-state index in [-0.39, 0.29) is 24.3 Å². The van der Waals surface area contributed by atoms with Gasteiger partial charge in [-0.2, -0.15) is 0 Å². The zero-order valence-electron chi connectivity index (χ0n) is 17.0. The quantitative estimate of drug-likeness (QED) is 0.342. The highest BCUT2D eigenvalue weighted by Crippen LogP contribution is 2.26. The highest BCUT2D eigenvalue weighted by Gasteiger charge is 2.34. The van der Waals surface area contributed by atoms with E-state index in [1.54, 1.807) is 24.3 Å². The highest BCUT2D eigenvalue weighted by molar-refractivity contribution is 6.31. The lowest BCUT2D eigenvalue weighted by Gasteiger charge is -2.15. The lowest BCUT2D eigenvalue weighted by atomic mass is 10.0. The number of methoxy groups -OCH3 is 1. The molecule has 0 radical (unpaired) electrons. The maximum Gasteiger partial charge on any atom is 0.261 e. The number of rotatable bonds is 6. The molecule has 1 aliphatic rings. The van der Waals surface area contributed by atoms with Crippen LogP contribution in [0.1, 0.15) is 43.0 Å². The molecule has 6 heteroatoms. The topological polar surface area (TPSA) is 70.5 Å². The Bertz CT molecular complexity index is 1140. The van der Waals surface area contributed by atoms with Gasteiger partial charge in [0.15, 0.2) is 0 Å². The van der Waals surface area contributed by atoms with E-state index in [9.17, 15) is 9.59 Å². The van der Waals surface area contributed by atoms with Crippen LogP contribution in [0.25, 0.3) is 0 Å². The molecule has 3 aromatic carbocycles. The Morgan fingerprint density at radius 3 is 2.10 bits per heavy atom. The van der Waals surface area contributed by atoms with Crippen LogP contribution >= 0.6 is 11.6 Å². The summed E-state index contributed by atoms with van der Waals surface area (Å²) in [5, 5.41) is 8.31. The third kappa shape index (κ3) is 4.23. The molecular formula is C25H21ClN2O3. The number of nitrogens with zero attached hydrogens (tertiary/aromatic N) is 1. The number of carbonyl (C=O) groups excluding carboxylic acids is 2. The van der Waals surface area contributed by atoms with E-state index in [4.69, 9.17) is 21.7 Å². The molecule has 1 N–H and O–H groups in total. The minimum Gasteiger partial charge on any atom is -0.481 e. The zero-order valence-corrected chi connectivity index (χ0v) is 17.8. The lowest BCUT2D eigenvalue weighted by molar-refractivity contribution is 0.0642. The molecule has 3 aromatic rings. The summed E-state index contributed by atoms with van der Waals surface area (Å²) in [6, 6.07) is 20.3. The van der Waals surface area contributed by atoms with E-state index in [1.165, 1.54) is 12.0 Å². The molecule has 0 aromatic heterocycles. The van der Waals surface area contributed by atoms with Crippen LogP contribution in [0.4, 0.5) is 0 Å². The third-order valence-electron chi connectivity index (χ3n) is 5.44. The third-order valence-corrected chi connectivity index (χ3v) is 5.79. The average Bonchev–Trinajstić information content (AvgIpc) is 3.03. The van der Waals surface area contributed by atoms with Crippen molar-refractivity contribution < 1.29 is 14.3 Å². The Morgan fingerprint density at radius 1 is 0.903 bits per heavy atom. The molecule has 0 fully saturated rings. The van der Waals surface area contributed by atoms with Crippen molar-refractivity contribution in [2.24, 2.45) is 0 Å². The fourth-order valence-corrected chi connectivity index (χ4v) is 3.97. The van der Waals surface area contributed by atoms with Crippen LogP contribution in [0.5, 0.6) is 0 Å². The number of ether oxygens (including phenoxy) is 1. The van der Waals surface area contributed by atoms with Crippen LogP contribution in [-0.2, 0) is 24.1 Å². The molecule has 5 nitrogen and oxygen atoms in total. The van der Waals surface area contributed by atoms with E-state index in [0.717, 1.165) is 35.1 Å². The number of imide groups is 1. The fourth-order valence-electron chi connectivity index (χ4n) is 3.68. The SMILES string of the molecule is COC(=N)c1ccc(CCc2ccc(CN3C(=O)c4ccccc4C3=O)cc2Cl)cc1. The van der Waals surface area contributed by atoms with E-state index >= 15 is 0 Å². The summed E-state index contributed by atoms with van der Waals surface area (Å²) < 4.78 is 4.93. The predicted molar refractivity (Wildman–Crippen MR) is 120 cm³/mol. The van der Waals surface area contributed by atoms with Crippen molar-refractivity contribution in [3.8, 4) is 0 Å². The van der Waals surface area contributed by atoms with Crippen molar-refractivity contribution in [1.82, 2.24) is 4.90 Å². The predicted octanol–water partition coefficient (Wildman–Crippen LogP) is 4.89. The Hall–Kier alpha value is -3.44. The molecule has 0 aliphatic carbocycles. The first-order chi connectivity index (χ1) is 15.0. The van der Waals surface area contributed by atoms with Crippen molar-refractivity contribution in [2.45, 2.75) is 19.4 Å². The first-order valence-corrected chi connectivity index (χ1v) is 10.3. The van der Waals surface area contributed by atoms with Crippen molar-refractivity contribution in [2.75, 3.05) is 7.11 Å². The monoisotopic (exact) mass is 432 g/mol. The second-order valence-corrected chi connectivity index (χ2v) is 7.81. The van der Waals surface area contributed by atoms with Crippen molar-refractivity contribution in [3.63, 3.8) is 0 Å². The number of amides is 2. The smallest absolute Gasteiger partial charge is 0.261 e. The number of benzene rings is 3. The number of aryl methyl sites for hydroxylation is 2. The molecule has 31 heavy (non-hydrogen) atoms. The van der Waals surface area contributed by atoms with Crippen molar-refractivity contribution in [3.05, 3.63) is 105 Å². The molecule has 4 rings (SSSR count). The van der Waals surface area contributed by atoms with Crippen LogP contribution in [0.3, 0.4) is 0 Å². The van der Waals surface area contributed by atoms with Crippen LogP contribution in [0, 0.1) is 5.41 Å². The standard InChI is InChI=1S/C25H21ClN2O3/c1-31-23(27)19-12-7-16(8-13-19)6-10-18-11-9-17(14-22(18)26)15-28-24(29)20-4-2-3-5-21(20)25(28)30/h2-5,7-9,11-14,27H,6,10,15H2,1H3. The Labute approximate surface area is 185 Å². The van der Waals surface area contributed by atoms with Gasteiger partial charge < -0.3 is 4.74 Å². The molecule has 1 aliphatic heterocycles. The van der Waals surface area contributed by atoms with Gasteiger partial charge in [-0.1, -0.05) is 48.0 Å². The summed E-state index contributed by atoms with van der Waals surface area (Å²) in [6.45, 7) is 0.194. The molecule has 0 saturated carbocycles. The van der Waals surface area contributed by atoms with Crippen LogP contribution < -0.4 is 0 Å². The second-order valence-electron chi connectivity index (χ2n) is 7.40. The Balaban J connectivity index is 1.41. The number of carbonyl (C=O) groups is 2. The van der Waals surface area contributed by atoms with E-state index in [1.807, 2.05) is 42.5 Å². The van der Waals surface area contributed by atoms with Gasteiger partial charge in [0.25, 0.3) is 11.8 Å². The molecule has 156 valence electrons. The molecule has 0 saturated heterocycles. The molecule has 2 amide bonds. The van der Waals surface area contributed by atoms with Gasteiger partial charge in [0.1, 0.15) is 0 Å². The Kier molecular flexibility index (Phi) is 5.87. The summed E-state index contributed by atoms with van der Waals surface area (Å²) >= 11 is 6.50. The van der Waals surface area contributed by atoms with E-state index in [0.29, 0.717) is 16.1 Å². The normalized spacial score (nSPS) is 12.8. The number of nitrogens with one attached hydrogen (secondary N) is 1. The van der Waals surface area contributed by atoms with Crippen LogP contribution in [0.2, 0.25) is 5.02 Å². The average molecular weight is 433 g/mol. The summed E-state index contributed by atoms with van der Waals surface area (Å²) in [5.74, 6) is -0.403. The highest BCUT2D eigenvalue weighted by atomic mass is 35.5. The number of halogens is 1. The first-order valence-electron chi connectivity index (χ1n) is 9.92. The molecule has 0 atom stereocenters. The zero-order chi connectivity index (χ0) is 22.0. The Morgan fingerprint density at radius 2 is 1.52 bits per heavy atom. The summed E-state index contributed by atoms with van der Waals surface area (Å²) in [6.07, 6.45) is 1.56.